The van der Waals surface area contributed by atoms with Gasteiger partial charge in [-0.15, -0.1) is 0 Å². The van der Waals surface area contributed by atoms with Crippen LogP contribution in [0.1, 0.15) is 40.1 Å². The Hall–Kier alpha value is -1.91. The minimum absolute atomic E-state index is 0.142. The van der Waals surface area contributed by atoms with Crippen molar-refractivity contribution in [3.05, 3.63) is 34.4 Å². The second kappa shape index (κ2) is 4.58. The van der Waals surface area contributed by atoms with Crippen LogP contribution in [0.2, 0.25) is 0 Å². The number of aliphatic hydroxyl groups excluding tert-OH is 2. The number of rotatable bonds is 1. The van der Waals surface area contributed by atoms with E-state index in [1.54, 1.807) is 6.07 Å². The molecule has 2 N–H and O–H groups in total. The van der Waals surface area contributed by atoms with Crippen LogP contribution in [-0.2, 0) is 6.18 Å². The average Bonchev–Trinajstić information content (AvgIpc) is 2.59. The summed E-state index contributed by atoms with van der Waals surface area (Å²) in [4.78, 5) is 12.0. The lowest BCUT2D eigenvalue weighted by molar-refractivity contribution is -0.137. The second-order valence-corrected chi connectivity index (χ2v) is 4.67. The number of Topliss-reactive ketones (excluding diaryl/α,β-unsaturated/α-hetero) is 1. The fraction of sp³-hybridized carbons (Fsp3) is 0.385. The number of aliphatic hydroxyl groups is 2. The number of nitriles is 1. The van der Waals surface area contributed by atoms with Crippen molar-refractivity contribution >= 4 is 5.78 Å². The van der Waals surface area contributed by atoms with Gasteiger partial charge in [0, 0.05) is 11.1 Å². The Morgan fingerprint density at radius 3 is 2.45 bits per heavy atom. The monoisotopic (exact) mass is 285 g/mol. The van der Waals surface area contributed by atoms with E-state index in [1.807, 2.05) is 0 Å². The van der Waals surface area contributed by atoms with E-state index in [9.17, 15) is 28.2 Å². The van der Waals surface area contributed by atoms with Crippen LogP contribution in [0.4, 0.5) is 13.2 Å². The summed E-state index contributed by atoms with van der Waals surface area (Å²) in [5, 5.41) is 28.4. The van der Waals surface area contributed by atoms with Crippen molar-refractivity contribution in [1.29, 1.82) is 5.26 Å². The number of hydrogen-bond acceptors (Lipinski definition) is 4. The molecule has 3 atom stereocenters. The van der Waals surface area contributed by atoms with E-state index >= 15 is 0 Å². The number of fused-ring (bicyclic) bond motifs is 1. The highest BCUT2D eigenvalue weighted by Gasteiger charge is 2.45. The number of carbonyl (C=O) groups is 1. The van der Waals surface area contributed by atoms with Gasteiger partial charge in [0.1, 0.15) is 0 Å². The van der Waals surface area contributed by atoms with Crippen molar-refractivity contribution in [1.82, 2.24) is 0 Å². The van der Waals surface area contributed by atoms with E-state index in [0.717, 1.165) is 0 Å². The summed E-state index contributed by atoms with van der Waals surface area (Å²) in [5.41, 5.74) is -2.02. The van der Waals surface area contributed by atoms with Gasteiger partial charge in [0.15, 0.2) is 5.78 Å². The zero-order chi connectivity index (χ0) is 15.2. The summed E-state index contributed by atoms with van der Waals surface area (Å²) in [5.74, 6) is -2.04. The minimum atomic E-state index is -4.70. The predicted octanol–water partition coefficient (Wildman–Crippen LogP) is 1.80. The van der Waals surface area contributed by atoms with Crippen LogP contribution < -0.4 is 0 Å². The Labute approximate surface area is 112 Å². The van der Waals surface area contributed by atoms with Crippen molar-refractivity contribution in [2.45, 2.75) is 25.3 Å². The number of halogens is 3. The van der Waals surface area contributed by atoms with Crippen molar-refractivity contribution in [3.8, 4) is 6.07 Å². The Morgan fingerprint density at radius 1 is 1.40 bits per heavy atom. The number of carbonyl (C=O) groups excluding carboxylic acids is 1. The van der Waals surface area contributed by atoms with E-state index in [0.29, 0.717) is 12.1 Å². The fourth-order valence-electron chi connectivity index (χ4n) is 2.42. The van der Waals surface area contributed by atoms with Gasteiger partial charge in [-0.3, -0.25) is 4.79 Å². The third-order valence-electron chi connectivity index (χ3n) is 3.35. The zero-order valence-electron chi connectivity index (χ0n) is 10.3. The van der Waals surface area contributed by atoms with Crippen LogP contribution in [0.25, 0.3) is 0 Å². The molecule has 106 valence electrons. The van der Waals surface area contributed by atoms with Crippen molar-refractivity contribution in [2.24, 2.45) is 5.92 Å². The molecule has 0 heterocycles. The summed E-state index contributed by atoms with van der Waals surface area (Å²) < 4.78 is 38.2. The molecular formula is C13H10F3NO3. The third kappa shape index (κ3) is 2.07. The van der Waals surface area contributed by atoms with Crippen molar-refractivity contribution in [3.63, 3.8) is 0 Å². The molecule has 0 amide bonds. The van der Waals surface area contributed by atoms with Crippen LogP contribution in [0.3, 0.4) is 0 Å². The molecule has 0 fully saturated rings. The van der Waals surface area contributed by atoms with Gasteiger partial charge in [0.05, 0.1) is 35.3 Å². The minimum Gasteiger partial charge on any atom is -0.393 e. The molecule has 0 bridgehead atoms. The highest BCUT2D eigenvalue weighted by molar-refractivity contribution is 6.04. The normalized spacial score (nSPS) is 23.4. The lowest BCUT2D eigenvalue weighted by Crippen LogP contribution is -2.25. The molecule has 0 aliphatic heterocycles. The lowest BCUT2D eigenvalue weighted by Gasteiger charge is -2.16. The van der Waals surface area contributed by atoms with Gasteiger partial charge in [-0.25, -0.2) is 0 Å². The van der Waals surface area contributed by atoms with Crippen LogP contribution in [0.5, 0.6) is 0 Å². The summed E-state index contributed by atoms with van der Waals surface area (Å²) >= 11 is 0. The first-order chi connectivity index (χ1) is 9.18. The maximum atomic E-state index is 12.7. The molecule has 2 rings (SSSR count). The zero-order valence-corrected chi connectivity index (χ0v) is 10.3. The van der Waals surface area contributed by atoms with E-state index in [1.165, 1.54) is 6.92 Å². The lowest BCUT2D eigenvalue weighted by atomic mass is 9.96. The van der Waals surface area contributed by atoms with Crippen molar-refractivity contribution < 1.29 is 28.2 Å². The smallest absolute Gasteiger partial charge is 0.393 e. The quantitative estimate of drug-likeness (QED) is 0.824. The van der Waals surface area contributed by atoms with Crippen LogP contribution >= 0.6 is 0 Å². The molecule has 3 unspecified atom stereocenters. The van der Waals surface area contributed by atoms with Gasteiger partial charge in [-0.05, 0) is 19.1 Å². The first kappa shape index (κ1) is 14.5. The summed E-state index contributed by atoms with van der Waals surface area (Å²) in [7, 11) is 0. The van der Waals surface area contributed by atoms with Gasteiger partial charge in [-0.2, -0.15) is 18.4 Å². The molecule has 1 aromatic rings. The topological polar surface area (TPSA) is 81.3 Å². The molecule has 0 spiro atoms. The summed E-state index contributed by atoms with van der Waals surface area (Å²) in [6.07, 6.45) is -7.41. The van der Waals surface area contributed by atoms with Gasteiger partial charge in [0.25, 0.3) is 0 Å². The first-order valence-corrected chi connectivity index (χ1v) is 5.74. The Morgan fingerprint density at radius 2 is 2.00 bits per heavy atom. The molecule has 20 heavy (non-hydrogen) atoms. The van der Waals surface area contributed by atoms with E-state index in [4.69, 9.17) is 5.26 Å². The van der Waals surface area contributed by atoms with Gasteiger partial charge >= 0.3 is 6.18 Å². The molecule has 1 aliphatic carbocycles. The maximum Gasteiger partial charge on any atom is 0.416 e. The van der Waals surface area contributed by atoms with E-state index < -0.39 is 41.2 Å². The number of alkyl halides is 3. The molecule has 0 aromatic heterocycles. The highest BCUT2D eigenvalue weighted by Crippen LogP contribution is 2.42. The van der Waals surface area contributed by atoms with Crippen LogP contribution in [0, 0.1) is 17.2 Å². The van der Waals surface area contributed by atoms with Gasteiger partial charge in [0.2, 0.25) is 0 Å². The van der Waals surface area contributed by atoms with E-state index in [2.05, 4.69) is 0 Å². The molecule has 7 heteroatoms. The predicted molar refractivity (Wildman–Crippen MR) is 60.6 cm³/mol. The molecule has 4 nitrogen and oxygen atoms in total. The Balaban J connectivity index is 2.69. The maximum absolute atomic E-state index is 12.7. The second-order valence-electron chi connectivity index (χ2n) is 4.67. The van der Waals surface area contributed by atoms with Gasteiger partial charge in [-0.1, -0.05) is 0 Å². The highest BCUT2D eigenvalue weighted by atomic mass is 19.4. The molecule has 0 radical (unpaired) electrons. The number of hydrogen-bond donors (Lipinski definition) is 2. The summed E-state index contributed by atoms with van der Waals surface area (Å²) in [6, 6.07) is 2.77. The SMILES string of the molecule is CC(O)C1C(=O)c2cc(C(F)(F)F)cc(C#N)c2C1O. The number of nitrogens with zero attached hydrogens (tertiary/aromatic N) is 1. The molecular weight excluding hydrogens is 275 g/mol. The average molecular weight is 285 g/mol. The number of benzene rings is 1. The molecule has 0 saturated carbocycles. The largest absolute Gasteiger partial charge is 0.416 e. The molecule has 1 aromatic carbocycles. The molecule has 0 saturated heterocycles. The third-order valence-corrected chi connectivity index (χ3v) is 3.35. The summed E-state index contributed by atoms with van der Waals surface area (Å²) in [6.45, 7) is 1.26. The van der Waals surface area contributed by atoms with Crippen LogP contribution in [0.15, 0.2) is 12.1 Å². The Bertz CT molecular complexity index is 617. The van der Waals surface area contributed by atoms with Crippen molar-refractivity contribution in [2.75, 3.05) is 0 Å². The number of ketones is 1. The van der Waals surface area contributed by atoms with Gasteiger partial charge < -0.3 is 10.2 Å². The Kier molecular flexibility index (Phi) is 3.32. The standard InChI is InChI=1S/C13H10F3NO3/c1-5(18)9-11(19)8-3-7(13(14,15)16)2-6(4-17)10(8)12(9)20/h2-3,5,9,12,18,20H,1H3. The first-order valence-electron chi connectivity index (χ1n) is 5.74. The fourth-order valence-corrected chi connectivity index (χ4v) is 2.42. The van der Waals surface area contributed by atoms with Crippen LogP contribution in [-0.4, -0.2) is 22.1 Å². The molecule has 1 aliphatic rings. The van der Waals surface area contributed by atoms with E-state index in [-0.39, 0.29) is 11.1 Å².